The van der Waals surface area contributed by atoms with Crippen molar-refractivity contribution >= 4 is 10.9 Å². The lowest BCUT2D eigenvalue weighted by molar-refractivity contribution is -0.137. The Bertz CT molecular complexity index is 665. The average molecular weight is 336 g/mol. The highest BCUT2D eigenvalue weighted by atomic mass is 19.4. The first-order valence-electron chi connectivity index (χ1n) is 7.02. The minimum atomic E-state index is -4.43. The van der Waals surface area contributed by atoms with Crippen LogP contribution in [0.15, 0.2) is 24.4 Å². The Labute approximate surface area is 129 Å². The van der Waals surface area contributed by atoms with E-state index in [1.54, 1.807) is 13.1 Å². The predicted molar refractivity (Wildman–Crippen MR) is 76.5 cm³/mol. The zero-order valence-corrected chi connectivity index (χ0v) is 12.3. The molecule has 0 bridgehead atoms. The largest absolute Gasteiger partial charge is 0.416 e. The van der Waals surface area contributed by atoms with Gasteiger partial charge in [-0.05, 0) is 37.1 Å². The van der Waals surface area contributed by atoms with Crippen molar-refractivity contribution in [3.05, 3.63) is 35.5 Å². The number of hydrogen-bond donors (Lipinski definition) is 3. The molecule has 0 spiro atoms. The zero-order chi connectivity index (χ0) is 17.3. The highest BCUT2D eigenvalue weighted by Crippen LogP contribution is 2.32. The number of alkyl halides is 5. The third kappa shape index (κ3) is 4.42. The summed E-state index contributed by atoms with van der Waals surface area (Å²) in [6, 6.07) is 3.00. The molecule has 0 saturated heterocycles. The normalized spacial score (nSPS) is 14.4. The van der Waals surface area contributed by atoms with Gasteiger partial charge in [-0.15, -0.1) is 0 Å². The van der Waals surface area contributed by atoms with Gasteiger partial charge >= 0.3 is 6.18 Å². The van der Waals surface area contributed by atoms with Crippen LogP contribution in [-0.2, 0) is 12.6 Å². The summed E-state index contributed by atoms with van der Waals surface area (Å²) in [4.78, 5) is 2.87. The first-order chi connectivity index (χ1) is 10.6. The molecule has 2 rings (SSSR count). The second-order valence-corrected chi connectivity index (χ2v) is 5.57. The number of fused-ring (bicyclic) bond motifs is 1. The molecular formula is C15H17F5N2O. The molecule has 0 aliphatic rings. The van der Waals surface area contributed by atoms with Crippen molar-refractivity contribution < 1.29 is 27.1 Å². The van der Waals surface area contributed by atoms with Crippen molar-refractivity contribution in [2.24, 2.45) is 0 Å². The number of aromatic amines is 1. The Kier molecular flexibility index (Phi) is 4.95. The summed E-state index contributed by atoms with van der Waals surface area (Å²) in [7, 11) is 0. The SMILES string of the molecule is CC(Cc1c[nH]c2ccc(C(F)(F)F)cc12)NCC(F)(F)CO. The van der Waals surface area contributed by atoms with Crippen molar-refractivity contribution in [3.8, 4) is 0 Å². The van der Waals surface area contributed by atoms with Gasteiger partial charge in [0.25, 0.3) is 5.92 Å². The smallest absolute Gasteiger partial charge is 0.390 e. The average Bonchev–Trinajstić information content (AvgIpc) is 2.87. The maximum atomic E-state index is 13.0. The van der Waals surface area contributed by atoms with E-state index < -0.39 is 30.8 Å². The van der Waals surface area contributed by atoms with E-state index in [9.17, 15) is 22.0 Å². The number of halogens is 5. The molecule has 23 heavy (non-hydrogen) atoms. The number of hydrogen-bond acceptors (Lipinski definition) is 2. The van der Waals surface area contributed by atoms with E-state index in [0.717, 1.165) is 12.1 Å². The first-order valence-corrected chi connectivity index (χ1v) is 7.02. The maximum absolute atomic E-state index is 13.0. The van der Waals surface area contributed by atoms with E-state index in [1.165, 1.54) is 6.07 Å². The van der Waals surface area contributed by atoms with Gasteiger partial charge < -0.3 is 15.4 Å². The molecule has 3 nitrogen and oxygen atoms in total. The molecule has 1 aromatic carbocycles. The minimum absolute atomic E-state index is 0.281. The highest BCUT2D eigenvalue weighted by Gasteiger charge is 2.31. The number of nitrogens with one attached hydrogen (secondary N) is 2. The molecule has 3 N–H and O–H groups in total. The van der Waals surface area contributed by atoms with Gasteiger partial charge in [0, 0.05) is 23.1 Å². The Morgan fingerprint density at radius 2 is 1.91 bits per heavy atom. The molecule has 0 aliphatic heterocycles. The van der Waals surface area contributed by atoms with Crippen molar-refractivity contribution in [1.82, 2.24) is 10.3 Å². The lowest BCUT2D eigenvalue weighted by atomic mass is 10.0. The van der Waals surface area contributed by atoms with Gasteiger partial charge in [0.15, 0.2) is 0 Å². The molecule has 8 heteroatoms. The standard InChI is InChI=1S/C15H17F5N2O/c1-9(22-7-14(16,17)8-23)4-10-6-21-13-3-2-11(5-12(10)13)15(18,19)20/h2-3,5-6,9,21-23H,4,7-8H2,1H3. The fraction of sp³-hybridized carbons (Fsp3) is 0.467. The van der Waals surface area contributed by atoms with Crippen molar-refractivity contribution in [2.75, 3.05) is 13.2 Å². The molecule has 0 saturated carbocycles. The Morgan fingerprint density at radius 1 is 1.22 bits per heavy atom. The van der Waals surface area contributed by atoms with Crippen LogP contribution < -0.4 is 5.32 Å². The predicted octanol–water partition coefficient (Wildman–Crippen LogP) is 3.33. The number of aliphatic hydroxyl groups is 1. The van der Waals surface area contributed by atoms with Crippen LogP contribution in [0, 0.1) is 0 Å². The monoisotopic (exact) mass is 336 g/mol. The highest BCUT2D eigenvalue weighted by molar-refractivity contribution is 5.84. The summed E-state index contributed by atoms with van der Waals surface area (Å²) in [6.45, 7) is -0.296. The summed E-state index contributed by atoms with van der Waals surface area (Å²) in [5.41, 5.74) is 0.414. The summed E-state index contributed by atoms with van der Waals surface area (Å²) in [5.74, 6) is -3.22. The van der Waals surface area contributed by atoms with Crippen LogP contribution in [0.5, 0.6) is 0 Å². The molecule has 1 heterocycles. The van der Waals surface area contributed by atoms with Crippen LogP contribution in [0.3, 0.4) is 0 Å². The fourth-order valence-corrected chi connectivity index (χ4v) is 2.31. The lowest BCUT2D eigenvalue weighted by Crippen LogP contribution is -2.40. The molecule has 0 radical (unpaired) electrons. The van der Waals surface area contributed by atoms with Crippen LogP contribution in [0.4, 0.5) is 22.0 Å². The molecule has 1 atom stereocenters. The van der Waals surface area contributed by atoms with Gasteiger partial charge in [0.2, 0.25) is 0 Å². The van der Waals surface area contributed by atoms with E-state index in [-0.39, 0.29) is 12.5 Å². The van der Waals surface area contributed by atoms with Gasteiger partial charge in [-0.2, -0.15) is 13.2 Å². The van der Waals surface area contributed by atoms with E-state index in [0.29, 0.717) is 16.5 Å². The van der Waals surface area contributed by atoms with E-state index >= 15 is 0 Å². The van der Waals surface area contributed by atoms with Crippen molar-refractivity contribution in [3.63, 3.8) is 0 Å². The molecule has 0 aliphatic carbocycles. The molecule has 1 aromatic heterocycles. The van der Waals surface area contributed by atoms with Crippen LogP contribution in [0.2, 0.25) is 0 Å². The van der Waals surface area contributed by atoms with Crippen molar-refractivity contribution in [2.45, 2.75) is 31.5 Å². The summed E-state index contributed by atoms with van der Waals surface area (Å²) >= 11 is 0. The Morgan fingerprint density at radius 3 is 2.52 bits per heavy atom. The van der Waals surface area contributed by atoms with Gasteiger partial charge in [-0.1, -0.05) is 0 Å². The van der Waals surface area contributed by atoms with Crippen LogP contribution >= 0.6 is 0 Å². The minimum Gasteiger partial charge on any atom is -0.390 e. The topological polar surface area (TPSA) is 48.0 Å². The van der Waals surface area contributed by atoms with Crippen LogP contribution in [0.1, 0.15) is 18.1 Å². The molecule has 128 valence electrons. The Hall–Kier alpha value is -1.67. The first kappa shape index (κ1) is 17.7. The van der Waals surface area contributed by atoms with Gasteiger partial charge in [-0.3, -0.25) is 0 Å². The molecule has 0 fully saturated rings. The third-order valence-corrected chi connectivity index (χ3v) is 3.56. The van der Waals surface area contributed by atoms with Gasteiger partial charge in [0.05, 0.1) is 12.1 Å². The summed E-state index contributed by atoms with van der Waals surface area (Å²) < 4.78 is 64.3. The van der Waals surface area contributed by atoms with E-state index in [4.69, 9.17) is 5.11 Å². The number of aliphatic hydroxyl groups excluding tert-OH is 1. The molecule has 1 unspecified atom stereocenters. The fourth-order valence-electron chi connectivity index (χ4n) is 2.31. The molecule has 2 aromatic rings. The second-order valence-electron chi connectivity index (χ2n) is 5.57. The summed E-state index contributed by atoms with van der Waals surface area (Å²) in [5, 5.41) is 11.5. The van der Waals surface area contributed by atoms with E-state index in [1.807, 2.05) is 0 Å². The number of benzene rings is 1. The van der Waals surface area contributed by atoms with Crippen LogP contribution in [0.25, 0.3) is 10.9 Å². The lowest BCUT2D eigenvalue weighted by Gasteiger charge is -2.18. The number of aromatic nitrogens is 1. The number of rotatable bonds is 6. The Balaban J connectivity index is 2.14. The van der Waals surface area contributed by atoms with E-state index in [2.05, 4.69) is 10.3 Å². The summed E-state index contributed by atoms with van der Waals surface area (Å²) in [6.07, 6.45) is -2.58. The van der Waals surface area contributed by atoms with Crippen LogP contribution in [-0.4, -0.2) is 35.2 Å². The molecular weight excluding hydrogens is 319 g/mol. The maximum Gasteiger partial charge on any atom is 0.416 e. The number of H-pyrrole nitrogens is 1. The van der Waals surface area contributed by atoms with Crippen molar-refractivity contribution in [1.29, 1.82) is 0 Å². The van der Waals surface area contributed by atoms with Gasteiger partial charge in [0.1, 0.15) is 6.61 Å². The zero-order valence-electron chi connectivity index (χ0n) is 12.3. The third-order valence-electron chi connectivity index (χ3n) is 3.56. The van der Waals surface area contributed by atoms with Gasteiger partial charge in [-0.25, -0.2) is 8.78 Å². The second kappa shape index (κ2) is 6.45. The quantitative estimate of drug-likeness (QED) is 0.709. The molecule has 0 amide bonds.